The second-order valence-corrected chi connectivity index (χ2v) is 11.2. The van der Waals surface area contributed by atoms with E-state index in [2.05, 4.69) is 48.1 Å². The van der Waals surface area contributed by atoms with Crippen LogP contribution in [0.25, 0.3) is 10.9 Å². The zero-order chi connectivity index (χ0) is 22.3. The van der Waals surface area contributed by atoms with E-state index < -0.39 is 0 Å². The molecular weight excluding hydrogens is 474 g/mol. The van der Waals surface area contributed by atoms with Crippen molar-refractivity contribution in [2.75, 3.05) is 5.32 Å². The van der Waals surface area contributed by atoms with E-state index in [-0.39, 0.29) is 17.9 Å². The van der Waals surface area contributed by atoms with Crippen LogP contribution in [0.4, 0.5) is 5.00 Å². The van der Waals surface area contributed by atoms with Gasteiger partial charge in [-0.15, -0.1) is 11.3 Å². The van der Waals surface area contributed by atoms with Gasteiger partial charge in [-0.1, -0.05) is 36.7 Å². The number of nitrogens with one attached hydrogen (secondary N) is 1. The highest BCUT2D eigenvalue weighted by atomic mass is 79.9. The number of amides is 1. The molecule has 0 saturated heterocycles. The summed E-state index contributed by atoms with van der Waals surface area (Å²) in [5.74, 6) is 0.362. The monoisotopic (exact) mass is 497 g/mol. The van der Waals surface area contributed by atoms with Gasteiger partial charge in [0, 0.05) is 32.0 Å². The number of nitriles is 1. The summed E-state index contributed by atoms with van der Waals surface area (Å²) in [6, 6.07) is 7.96. The minimum Gasteiger partial charge on any atom is -0.337 e. The summed E-state index contributed by atoms with van der Waals surface area (Å²) in [5.41, 5.74) is 3.29. The summed E-state index contributed by atoms with van der Waals surface area (Å²) >= 11 is 4.96. The minimum atomic E-state index is -0.209. The first-order valence-electron chi connectivity index (χ1n) is 10.3. The number of halogens is 1. The van der Waals surface area contributed by atoms with Gasteiger partial charge in [-0.05, 0) is 54.4 Å². The first-order valence-corrected chi connectivity index (χ1v) is 11.9. The van der Waals surface area contributed by atoms with E-state index >= 15 is 0 Å². The normalized spacial score (nSPS) is 16.0. The molecule has 0 aliphatic heterocycles. The van der Waals surface area contributed by atoms with Crippen LogP contribution in [-0.2, 0) is 24.2 Å². The summed E-state index contributed by atoms with van der Waals surface area (Å²) in [6.07, 6.45) is 5.40. The standard InChI is InChI=1S/C24H24BrN3O2S/c1-24(2,3)15-4-6-17-19(10-26)23(31-21(17)8-15)27-22(30)12-28-11-14(13-29)18-9-16(25)5-7-20(18)28/h5,7,9,11,13,15H,4,6,8,12H2,1-3H3,(H,27,30). The smallest absolute Gasteiger partial charge is 0.244 e. The maximum Gasteiger partial charge on any atom is 0.244 e. The molecule has 1 atom stereocenters. The highest BCUT2D eigenvalue weighted by Gasteiger charge is 2.32. The lowest BCUT2D eigenvalue weighted by atomic mass is 9.72. The van der Waals surface area contributed by atoms with Crippen molar-refractivity contribution in [1.82, 2.24) is 4.57 Å². The Balaban J connectivity index is 1.58. The Morgan fingerprint density at radius 1 is 1.42 bits per heavy atom. The largest absolute Gasteiger partial charge is 0.337 e. The lowest BCUT2D eigenvalue weighted by Crippen LogP contribution is -2.26. The fourth-order valence-corrected chi connectivity index (χ4v) is 6.03. The number of nitrogens with zero attached hydrogens (tertiary/aromatic N) is 2. The van der Waals surface area contributed by atoms with Crippen molar-refractivity contribution in [2.24, 2.45) is 11.3 Å². The van der Waals surface area contributed by atoms with Crippen LogP contribution in [0.15, 0.2) is 28.9 Å². The highest BCUT2D eigenvalue weighted by molar-refractivity contribution is 9.10. The quantitative estimate of drug-likeness (QED) is 0.453. The predicted octanol–water partition coefficient (Wildman–Crippen LogP) is 5.94. The Bertz CT molecular complexity index is 1230. The molecule has 160 valence electrons. The van der Waals surface area contributed by atoms with E-state index in [1.54, 1.807) is 10.8 Å². The summed E-state index contributed by atoms with van der Waals surface area (Å²) in [6.45, 7) is 6.86. The van der Waals surface area contributed by atoms with Gasteiger partial charge in [-0.2, -0.15) is 5.26 Å². The number of fused-ring (bicyclic) bond motifs is 2. The maximum absolute atomic E-state index is 12.9. The Morgan fingerprint density at radius 2 is 2.19 bits per heavy atom. The van der Waals surface area contributed by atoms with E-state index in [0.29, 0.717) is 22.0 Å². The molecule has 1 unspecified atom stereocenters. The van der Waals surface area contributed by atoms with Crippen LogP contribution in [0.5, 0.6) is 0 Å². The molecule has 4 rings (SSSR count). The SMILES string of the molecule is CC(C)(C)C1CCc2c(sc(NC(=O)Cn3cc(C=O)c4cc(Br)ccc43)c2C#N)C1. The molecule has 1 amide bonds. The van der Waals surface area contributed by atoms with Gasteiger partial charge in [0.15, 0.2) is 6.29 Å². The molecule has 0 bridgehead atoms. The molecule has 2 heterocycles. The number of hydrogen-bond donors (Lipinski definition) is 1. The Hall–Kier alpha value is -2.43. The van der Waals surface area contributed by atoms with Crippen molar-refractivity contribution in [1.29, 1.82) is 5.26 Å². The van der Waals surface area contributed by atoms with Crippen molar-refractivity contribution in [2.45, 2.75) is 46.6 Å². The molecule has 0 radical (unpaired) electrons. The van der Waals surface area contributed by atoms with E-state index in [1.807, 2.05) is 18.2 Å². The van der Waals surface area contributed by atoms with Crippen LogP contribution in [0, 0.1) is 22.7 Å². The number of anilines is 1. The fourth-order valence-electron chi connectivity index (χ4n) is 4.37. The molecule has 0 saturated carbocycles. The zero-order valence-electron chi connectivity index (χ0n) is 17.8. The number of aldehydes is 1. The Morgan fingerprint density at radius 3 is 2.87 bits per heavy atom. The summed E-state index contributed by atoms with van der Waals surface area (Å²) in [5, 5.41) is 14.2. The first-order chi connectivity index (χ1) is 14.7. The average molecular weight is 498 g/mol. The summed E-state index contributed by atoms with van der Waals surface area (Å²) < 4.78 is 2.65. The summed E-state index contributed by atoms with van der Waals surface area (Å²) in [7, 11) is 0. The number of carbonyl (C=O) groups excluding carboxylic acids is 2. The van der Waals surface area contributed by atoms with Crippen LogP contribution >= 0.6 is 27.3 Å². The molecule has 0 spiro atoms. The molecule has 31 heavy (non-hydrogen) atoms. The second kappa shape index (κ2) is 8.25. The van der Waals surface area contributed by atoms with E-state index in [4.69, 9.17) is 0 Å². The van der Waals surface area contributed by atoms with Gasteiger partial charge in [0.1, 0.15) is 17.6 Å². The topological polar surface area (TPSA) is 74.9 Å². The van der Waals surface area contributed by atoms with Crippen molar-refractivity contribution >= 4 is 55.4 Å². The molecule has 3 aromatic rings. The third kappa shape index (κ3) is 4.19. The van der Waals surface area contributed by atoms with Gasteiger partial charge in [-0.3, -0.25) is 9.59 Å². The van der Waals surface area contributed by atoms with Crippen LogP contribution in [0.3, 0.4) is 0 Å². The zero-order valence-corrected chi connectivity index (χ0v) is 20.2. The van der Waals surface area contributed by atoms with Crippen molar-refractivity contribution < 1.29 is 9.59 Å². The van der Waals surface area contributed by atoms with Crippen LogP contribution in [0.1, 0.15) is 53.6 Å². The first kappa shape index (κ1) is 21.8. The minimum absolute atomic E-state index is 0.0734. The van der Waals surface area contributed by atoms with Crippen molar-refractivity contribution in [3.63, 3.8) is 0 Å². The van der Waals surface area contributed by atoms with Crippen LogP contribution in [-0.4, -0.2) is 16.8 Å². The predicted molar refractivity (Wildman–Crippen MR) is 128 cm³/mol. The lowest BCUT2D eigenvalue weighted by molar-refractivity contribution is -0.116. The van der Waals surface area contributed by atoms with Crippen molar-refractivity contribution in [3.05, 3.63) is 50.4 Å². The van der Waals surface area contributed by atoms with Gasteiger partial charge in [0.2, 0.25) is 5.91 Å². The average Bonchev–Trinajstić information content (AvgIpc) is 3.23. The second-order valence-electron chi connectivity index (χ2n) is 9.17. The molecule has 5 nitrogen and oxygen atoms in total. The van der Waals surface area contributed by atoms with Gasteiger partial charge in [-0.25, -0.2) is 0 Å². The summed E-state index contributed by atoms with van der Waals surface area (Å²) in [4.78, 5) is 25.5. The molecular formula is C24H24BrN3O2S. The molecule has 0 fully saturated rings. The number of hydrogen-bond acceptors (Lipinski definition) is 4. The van der Waals surface area contributed by atoms with Gasteiger partial charge >= 0.3 is 0 Å². The van der Waals surface area contributed by atoms with Crippen molar-refractivity contribution in [3.8, 4) is 6.07 Å². The fraction of sp³-hybridized carbons (Fsp3) is 0.375. The number of aromatic nitrogens is 1. The lowest BCUT2D eigenvalue weighted by Gasteiger charge is -2.33. The van der Waals surface area contributed by atoms with Gasteiger partial charge in [0.25, 0.3) is 0 Å². The highest BCUT2D eigenvalue weighted by Crippen LogP contribution is 2.44. The van der Waals surface area contributed by atoms with Crippen LogP contribution in [0.2, 0.25) is 0 Å². The van der Waals surface area contributed by atoms with Crippen LogP contribution < -0.4 is 5.32 Å². The Labute approximate surface area is 194 Å². The van der Waals surface area contributed by atoms with E-state index in [0.717, 1.165) is 46.5 Å². The van der Waals surface area contributed by atoms with Gasteiger partial charge in [0.05, 0.1) is 5.56 Å². The molecule has 7 heteroatoms. The molecule has 1 aliphatic carbocycles. The van der Waals surface area contributed by atoms with Gasteiger partial charge < -0.3 is 9.88 Å². The number of rotatable bonds is 4. The molecule has 2 aromatic heterocycles. The number of benzene rings is 1. The third-order valence-electron chi connectivity index (χ3n) is 6.17. The number of carbonyl (C=O) groups is 2. The maximum atomic E-state index is 12.9. The molecule has 1 N–H and O–H groups in total. The van der Waals surface area contributed by atoms with E-state index in [9.17, 15) is 14.9 Å². The third-order valence-corrected chi connectivity index (χ3v) is 7.83. The Kier molecular flexibility index (Phi) is 5.80. The molecule has 1 aromatic carbocycles. The van der Waals surface area contributed by atoms with E-state index in [1.165, 1.54) is 16.2 Å². The molecule has 1 aliphatic rings. The number of thiophene rings is 1.